The predicted molar refractivity (Wildman–Crippen MR) is 76.9 cm³/mol. The molecule has 3 unspecified atom stereocenters. The van der Waals surface area contributed by atoms with Crippen LogP contribution in [0, 0.1) is 18.8 Å². The molecule has 0 radical (unpaired) electrons. The third-order valence-corrected chi connectivity index (χ3v) is 4.34. The van der Waals surface area contributed by atoms with Crippen LogP contribution in [0.4, 0.5) is 5.95 Å². The van der Waals surface area contributed by atoms with Crippen molar-refractivity contribution < 1.29 is 0 Å². The highest BCUT2D eigenvalue weighted by atomic mass is 15.2. The minimum atomic E-state index is 0.466. The molecule has 1 fully saturated rings. The molecule has 0 bridgehead atoms. The molecular weight excluding hydrogens is 222 g/mol. The molecule has 1 aromatic heterocycles. The highest BCUT2D eigenvalue weighted by Gasteiger charge is 2.25. The third kappa shape index (κ3) is 2.88. The van der Waals surface area contributed by atoms with Gasteiger partial charge in [-0.2, -0.15) is 0 Å². The Morgan fingerprint density at radius 3 is 2.61 bits per heavy atom. The van der Waals surface area contributed by atoms with Crippen LogP contribution in [0.15, 0.2) is 6.20 Å². The molecule has 0 saturated heterocycles. The van der Waals surface area contributed by atoms with Gasteiger partial charge >= 0.3 is 0 Å². The quantitative estimate of drug-likeness (QED) is 0.877. The lowest BCUT2D eigenvalue weighted by Crippen LogP contribution is -2.31. The predicted octanol–water partition coefficient (Wildman–Crippen LogP) is 4.01. The highest BCUT2D eigenvalue weighted by Crippen LogP contribution is 2.31. The zero-order valence-electron chi connectivity index (χ0n) is 12.4. The second-order valence-corrected chi connectivity index (χ2v) is 6.32. The number of aryl methyl sites for hydroxylation is 1. The van der Waals surface area contributed by atoms with Gasteiger partial charge in [0.05, 0.1) is 5.69 Å². The fourth-order valence-electron chi connectivity index (χ4n) is 2.88. The highest BCUT2D eigenvalue weighted by molar-refractivity contribution is 5.31. The van der Waals surface area contributed by atoms with E-state index in [9.17, 15) is 0 Å². The van der Waals surface area contributed by atoms with E-state index in [-0.39, 0.29) is 0 Å². The lowest BCUT2D eigenvalue weighted by molar-refractivity contribution is 0.260. The van der Waals surface area contributed by atoms with E-state index in [4.69, 9.17) is 0 Å². The summed E-state index contributed by atoms with van der Waals surface area (Å²) < 4.78 is 2.25. The molecule has 2 rings (SSSR count). The van der Waals surface area contributed by atoms with Crippen molar-refractivity contribution in [3.05, 3.63) is 11.9 Å². The molecule has 0 aromatic carbocycles. The molecule has 1 aromatic rings. The topological polar surface area (TPSA) is 29.9 Å². The minimum absolute atomic E-state index is 0.466. The fraction of sp³-hybridized carbons (Fsp3) is 0.800. The molecule has 0 amide bonds. The van der Waals surface area contributed by atoms with Crippen LogP contribution in [0.25, 0.3) is 0 Å². The molecule has 18 heavy (non-hydrogen) atoms. The number of anilines is 1. The lowest BCUT2D eigenvalue weighted by atomic mass is 9.79. The van der Waals surface area contributed by atoms with Gasteiger partial charge in [0.25, 0.3) is 0 Å². The molecule has 0 aliphatic heterocycles. The van der Waals surface area contributed by atoms with E-state index in [0.717, 1.165) is 23.5 Å². The van der Waals surface area contributed by atoms with Crippen LogP contribution < -0.4 is 5.32 Å². The van der Waals surface area contributed by atoms with E-state index in [0.29, 0.717) is 12.1 Å². The molecule has 102 valence electrons. The Morgan fingerprint density at radius 1 is 1.28 bits per heavy atom. The maximum Gasteiger partial charge on any atom is 0.203 e. The fourth-order valence-corrected chi connectivity index (χ4v) is 2.88. The number of rotatable bonds is 3. The van der Waals surface area contributed by atoms with Gasteiger partial charge < -0.3 is 9.88 Å². The molecule has 1 aliphatic carbocycles. The molecule has 1 saturated carbocycles. The molecule has 0 spiro atoms. The van der Waals surface area contributed by atoms with Crippen LogP contribution in [0.5, 0.6) is 0 Å². The number of nitrogens with zero attached hydrogens (tertiary/aromatic N) is 2. The number of aromatic nitrogens is 2. The summed E-state index contributed by atoms with van der Waals surface area (Å²) in [7, 11) is 0. The van der Waals surface area contributed by atoms with E-state index in [1.54, 1.807) is 0 Å². The van der Waals surface area contributed by atoms with Gasteiger partial charge in [-0.3, -0.25) is 0 Å². The summed E-state index contributed by atoms with van der Waals surface area (Å²) in [6, 6.07) is 1.06. The van der Waals surface area contributed by atoms with E-state index >= 15 is 0 Å². The summed E-state index contributed by atoms with van der Waals surface area (Å²) >= 11 is 0. The Labute approximate surface area is 111 Å². The van der Waals surface area contributed by atoms with Crippen molar-refractivity contribution in [1.29, 1.82) is 0 Å². The molecular formula is C15H27N3. The Balaban J connectivity index is 2.05. The van der Waals surface area contributed by atoms with Crippen LogP contribution >= 0.6 is 0 Å². The van der Waals surface area contributed by atoms with Crippen molar-refractivity contribution in [1.82, 2.24) is 9.55 Å². The van der Waals surface area contributed by atoms with E-state index in [2.05, 4.69) is 55.7 Å². The Bertz CT molecular complexity index is 394. The Morgan fingerprint density at radius 2 is 2.00 bits per heavy atom. The number of hydrogen-bond acceptors (Lipinski definition) is 2. The summed E-state index contributed by atoms with van der Waals surface area (Å²) in [4.78, 5) is 4.62. The van der Waals surface area contributed by atoms with Crippen LogP contribution in [0.1, 0.15) is 58.7 Å². The summed E-state index contributed by atoms with van der Waals surface area (Å²) in [5.74, 6) is 2.74. The standard InChI is InChI=1S/C15H27N3/c1-10(2)18-9-13(5)16-15(18)17-14-7-6-11(3)12(4)8-14/h9-12,14H,6-8H2,1-5H3,(H,16,17). The first-order chi connectivity index (χ1) is 8.47. The Hall–Kier alpha value is -0.990. The maximum atomic E-state index is 4.62. The first kappa shape index (κ1) is 13.4. The van der Waals surface area contributed by atoms with Crippen LogP contribution in [-0.2, 0) is 0 Å². The van der Waals surface area contributed by atoms with Gasteiger partial charge in [-0.15, -0.1) is 0 Å². The summed E-state index contributed by atoms with van der Waals surface area (Å²) in [5.41, 5.74) is 1.10. The van der Waals surface area contributed by atoms with Gasteiger partial charge in [0.15, 0.2) is 0 Å². The van der Waals surface area contributed by atoms with Gasteiger partial charge in [0, 0.05) is 18.3 Å². The average Bonchev–Trinajstić information content (AvgIpc) is 2.65. The average molecular weight is 249 g/mol. The number of imidazole rings is 1. The molecule has 1 N–H and O–H groups in total. The molecule has 3 heteroatoms. The van der Waals surface area contributed by atoms with Gasteiger partial charge in [-0.25, -0.2) is 4.98 Å². The second kappa shape index (κ2) is 5.33. The van der Waals surface area contributed by atoms with Crippen molar-refractivity contribution in [3.63, 3.8) is 0 Å². The monoisotopic (exact) mass is 249 g/mol. The summed E-state index contributed by atoms with van der Waals surface area (Å²) in [6.07, 6.45) is 6.02. The third-order valence-electron chi connectivity index (χ3n) is 4.34. The van der Waals surface area contributed by atoms with E-state index < -0.39 is 0 Å². The smallest absolute Gasteiger partial charge is 0.203 e. The second-order valence-electron chi connectivity index (χ2n) is 6.32. The van der Waals surface area contributed by atoms with Crippen molar-refractivity contribution in [2.75, 3.05) is 5.32 Å². The minimum Gasteiger partial charge on any atom is -0.353 e. The van der Waals surface area contributed by atoms with Crippen molar-refractivity contribution in [3.8, 4) is 0 Å². The van der Waals surface area contributed by atoms with Crippen LogP contribution in [0.2, 0.25) is 0 Å². The normalized spacial score (nSPS) is 28.7. The van der Waals surface area contributed by atoms with Crippen LogP contribution in [0.3, 0.4) is 0 Å². The van der Waals surface area contributed by atoms with Crippen molar-refractivity contribution in [2.24, 2.45) is 11.8 Å². The van der Waals surface area contributed by atoms with Crippen molar-refractivity contribution in [2.45, 2.75) is 66.0 Å². The zero-order chi connectivity index (χ0) is 13.3. The SMILES string of the molecule is Cc1cn(C(C)C)c(NC2CCC(C)C(C)C2)n1. The largest absolute Gasteiger partial charge is 0.353 e. The number of hydrogen-bond donors (Lipinski definition) is 1. The molecule has 3 nitrogen and oxygen atoms in total. The van der Waals surface area contributed by atoms with Crippen LogP contribution in [-0.4, -0.2) is 15.6 Å². The van der Waals surface area contributed by atoms with E-state index in [1.165, 1.54) is 19.3 Å². The van der Waals surface area contributed by atoms with Gasteiger partial charge in [-0.1, -0.05) is 13.8 Å². The molecule has 3 atom stereocenters. The molecule has 1 heterocycles. The summed E-state index contributed by atoms with van der Waals surface area (Å²) in [6.45, 7) is 11.2. The Kier molecular flexibility index (Phi) is 3.98. The first-order valence-corrected chi connectivity index (χ1v) is 7.29. The zero-order valence-corrected chi connectivity index (χ0v) is 12.4. The van der Waals surface area contributed by atoms with Gasteiger partial charge in [0.2, 0.25) is 5.95 Å². The summed E-state index contributed by atoms with van der Waals surface area (Å²) in [5, 5.41) is 3.65. The maximum absolute atomic E-state index is 4.62. The lowest BCUT2D eigenvalue weighted by Gasteiger charge is -2.33. The molecule has 1 aliphatic rings. The number of nitrogens with one attached hydrogen (secondary N) is 1. The van der Waals surface area contributed by atoms with Crippen molar-refractivity contribution >= 4 is 5.95 Å². The first-order valence-electron chi connectivity index (χ1n) is 7.29. The van der Waals surface area contributed by atoms with Gasteiger partial charge in [-0.05, 0) is 51.9 Å². The van der Waals surface area contributed by atoms with Gasteiger partial charge in [0.1, 0.15) is 0 Å². The van der Waals surface area contributed by atoms with E-state index in [1.807, 2.05) is 0 Å².